The van der Waals surface area contributed by atoms with Gasteiger partial charge in [0.2, 0.25) is 11.7 Å². The van der Waals surface area contributed by atoms with Crippen molar-refractivity contribution >= 4 is 11.3 Å². The van der Waals surface area contributed by atoms with Crippen LogP contribution in [0.2, 0.25) is 0 Å². The van der Waals surface area contributed by atoms with E-state index in [9.17, 15) is 4.39 Å². The van der Waals surface area contributed by atoms with Crippen molar-refractivity contribution in [3.8, 4) is 10.7 Å². The van der Waals surface area contributed by atoms with Gasteiger partial charge >= 0.3 is 0 Å². The molecule has 1 fully saturated rings. The lowest BCUT2D eigenvalue weighted by Crippen LogP contribution is -2.39. The number of ether oxygens (including phenoxy) is 1. The predicted octanol–water partition coefficient (Wildman–Crippen LogP) is 3.36. The van der Waals surface area contributed by atoms with Gasteiger partial charge in [-0.1, -0.05) is 23.4 Å². The van der Waals surface area contributed by atoms with E-state index in [1.54, 1.807) is 17.4 Å². The summed E-state index contributed by atoms with van der Waals surface area (Å²) in [4.78, 5) is 7.70. The van der Waals surface area contributed by atoms with E-state index in [4.69, 9.17) is 9.26 Å². The van der Waals surface area contributed by atoms with Crippen molar-refractivity contribution in [3.05, 3.63) is 59.0 Å². The van der Waals surface area contributed by atoms with Crippen LogP contribution in [0.4, 0.5) is 4.39 Å². The minimum atomic E-state index is -0.274. The fraction of sp³-hybridized carbons (Fsp3) is 0.294. The zero-order valence-corrected chi connectivity index (χ0v) is 13.7. The predicted molar refractivity (Wildman–Crippen MR) is 88.2 cm³/mol. The standard InChI is InChI=1S/C17H16FN3O2S/c18-13-4-1-3-12(11-13)15(21-6-8-22-9-7-21)17-19-16(20-23-17)14-5-2-10-24-14/h1-5,10-11,15H,6-9H2/t15-/m0/s1. The highest BCUT2D eigenvalue weighted by Crippen LogP contribution is 2.31. The number of halogens is 1. The lowest BCUT2D eigenvalue weighted by Gasteiger charge is -2.32. The van der Waals surface area contributed by atoms with E-state index in [2.05, 4.69) is 15.0 Å². The summed E-state index contributed by atoms with van der Waals surface area (Å²) in [6.45, 7) is 2.74. The average molecular weight is 345 g/mol. The van der Waals surface area contributed by atoms with Crippen molar-refractivity contribution < 1.29 is 13.7 Å². The molecule has 3 heterocycles. The Morgan fingerprint density at radius 1 is 1.17 bits per heavy atom. The van der Waals surface area contributed by atoms with Gasteiger partial charge in [-0.2, -0.15) is 4.98 Å². The van der Waals surface area contributed by atoms with Crippen LogP contribution in [0.5, 0.6) is 0 Å². The molecule has 3 aromatic rings. The first-order valence-electron chi connectivity index (χ1n) is 7.76. The van der Waals surface area contributed by atoms with Crippen LogP contribution in [0.1, 0.15) is 17.5 Å². The first-order chi connectivity index (χ1) is 11.8. The highest BCUT2D eigenvalue weighted by atomic mass is 32.1. The molecule has 0 amide bonds. The lowest BCUT2D eigenvalue weighted by atomic mass is 10.0. The fourth-order valence-electron chi connectivity index (χ4n) is 2.87. The second kappa shape index (κ2) is 6.80. The van der Waals surface area contributed by atoms with Gasteiger partial charge in [0.05, 0.1) is 18.1 Å². The molecule has 0 bridgehead atoms. The molecule has 0 spiro atoms. The van der Waals surface area contributed by atoms with Gasteiger partial charge in [-0.25, -0.2) is 4.39 Å². The van der Waals surface area contributed by atoms with Crippen LogP contribution in [0.25, 0.3) is 10.7 Å². The Morgan fingerprint density at radius 3 is 2.79 bits per heavy atom. The highest BCUT2D eigenvalue weighted by Gasteiger charge is 2.29. The second-order valence-corrected chi connectivity index (χ2v) is 6.49. The van der Waals surface area contributed by atoms with Crippen LogP contribution in [0, 0.1) is 5.82 Å². The zero-order chi connectivity index (χ0) is 16.4. The summed E-state index contributed by atoms with van der Waals surface area (Å²) < 4.78 is 24.7. The molecular weight excluding hydrogens is 329 g/mol. The zero-order valence-electron chi connectivity index (χ0n) is 12.9. The number of aromatic nitrogens is 2. The van der Waals surface area contributed by atoms with E-state index in [0.717, 1.165) is 23.5 Å². The van der Waals surface area contributed by atoms with Crippen LogP contribution >= 0.6 is 11.3 Å². The summed E-state index contributed by atoms with van der Waals surface area (Å²) in [5.41, 5.74) is 0.804. The molecule has 0 aliphatic carbocycles. The summed E-state index contributed by atoms with van der Waals surface area (Å²) in [6.07, 6.45) is 0. The third-order valence-electron chi connectivity index (χ3n) is 3.99. The number of benzene rings is 1. The Morgan fingerprint density at radius 2 is 2.04 bits per heavy atom. The van der Waals surface area contributed by atoms with Crippen molar-refractivity contribution in [2.24, 2.45) is 0 Å². The Bertz CT molecular complexity index is 800. The van der Waals surface area contributed by atoms with Gasteiger partial charge in [-0.15, -0.1) is 11.3 Å². The largest absolute Gasteiger partial charge is 0.379 e. The maximum atomic E-state index is 13.7. The molecule has 1 atom stereocenters. The summed E-state index contributed by atoms with van der Waals surface area (Å²) in [6, 6.07) is 10.2. The van der Waals surface area contributed by atoms with Gasteiger partial charge in [0, 0.05) is 13.1 Å². The number of thiophene rings is 1. The molecule has 0 radical (unpaired) electrons. The molecular formula is C17H16FN3O2S. The maximum absolute atomic E-state index is 13.7. The molecule has 4 rings (SSSR count). The molecule has 0 saturated carbocycles. The molecule has 1 aliphatic rings. The number of rotatable bonds is 4. The molecule has 0 N–H and O–H groups in total. The topological polar surface area (TPSA) is 51.4 Å². The molecule has 24 heavy (non-hydrogen) atoms. The molecule has 2 aromatic heterocycles. The SMILES string of the molecule is Fc1cccc([C@@H](c2nc(-c3cccs3)no2)N2CCOCC2)c1. The second-order valence-electron chi connectivity index (χ2n) is 5.54. The van der Waals surface area contributed by atoms with E-state index in [-0.39, 0.29) is 11.9 Å². The molecule has 1 saturated heterocycles. The van der Waals surface area contributed by atoms with Crippen LogP contribution in [0.3, 0.4) is 0 Å². The lowest BCUT2D eigenvalue weighted by molar-refractivity contribution is 0.0180. The van der Waals surface area contributed by atoms with Crippen LogP contribution in [-0.2, 0) is 4.74 Å². The quantitative estimate of drug-likeness (QED) is 0.726. The van der Waals surface area contributed by atoms with E-state index in [1.165, 1.54) is 12.1 Å². The van der Waals surface area contributed by atoms with Crippen molar-refractivity contribution in [2.45, 2.75) is 6.04 Å². The Balaban J connectivity index is 1.72. The molecule has 5 nitrogen and oxygen atoms in total. The van der Waals surface area contributed by atoms with E-state index in [0.29, 0.717) is 24.9 Å². The molecule has 7 heteroatoms. The molecule has 1 aromatic carbocycles. The number of hydrogen-bond acceptors (Lipinski definition) is 6. The third-order valence-corrected chi connectivity index (χ3v) is 4.86. The van der Waals surface area contributed by atoms with Crippen molar-refractivity contribution in [1.82, 2.24) is 15.0 Å². The van der Waals surface area contributed by atoms with E-state index < -0.39 is 0 Å². The van der Waals surface area contributed by atoms with Crippen LogP contribution in [0.15, 0.2) is 46.3 Å². The van der Waals surface area contributed by atoms with Gasteiger partial charge in [0.15, 0.2) is 0 Å². The summed E-state index contributed by atoms with van der Waals surface area (Å²) in [5, 5.41) is 6.06. The molecule has 124 valence electrons. The summed E-state index contributed by atoms with van der Waals surface area (Å²) >= 11 is 1.56. The number of hydrogen-bond donors (Lipinski definition) is 0. The smallest absolute Gasteiger partial charge is 0.248 e. The van der Waals surface area contributed by atoms with Gasteiger partial charge in [-0.3, -0.25) is 4.90 Å². The van der Waals surface area contributed by atoms with E-state index in [1.807, 2.05) is 23.6 Å². The molecule has 1 aliphatic heterocycles. The van der Waals surface area contributed by atoms with Gasteiger partial charge in [0.1, 0.15) is 11.9 Å². The monoisotopic (exact) mass is 345 g/mol. The third kappa shape index (κ3) is 3.10. The van der Waals surface area contributed by atoms with Gasteiger partial charge in [-0.05, 0) is 29.1 Å². The normalized spacial score (nSPS) is 17.0. The minimum Gasteiger partial charge on any atom is -0.379 e. The summed E-state index contributed by atoms with van der Waals surface area (Å²) in [5.74, 6) is 0.768. The number of nitrogens with zero attached hydrogens (tertiary/aromatic N) is 3. The fourth-order valence-corrected chi connectivity index (χ4v) is 3.52. The van der Waals surface area contributed by atoms with E-state index >= 15 is 0 Å². The minimum absolute atomic E-state index is 0.272. The maximum Gasteiger partial charge on any atom is 0.248 e. The number of morpholine rings is 1. The Hall–Kier alpha value is -2.09. The Labute approximate surface area is 142 Å². The first-order valence-corrected chi connectivity index (χ1v) is 8.64. The Kier molecular flexibility index (Phi) is 4.38. The van der Waals surface area contributed by atoms with Crippen molar-refractivity contribution in [1.29, 1.82) is 0 Å². The average Bonchev–Trinajstić information content (AvgIpc) is 3.28. The molecule has 0 unspecified atom stereocenters. The van der Waals surface area contributed by atoms with Crippen molar-refractivity contribution in [2.75, 3.05) is 26.3 Å². The van der Waals surface area contributed by atoms with Crippen molar-refractivity contribution in [3.63, 3.8) is 0 Å². The van der Waals surface area contributed by atoms with Gasteiger partial charge in [0.25, 0.3) is 0 Å². The first kappa shape index (κ1) is 15.4. The summed E-state index contributed by atoms with van der Waals surface area (Å²) in [7, 11) is 0. The van der Waals surface area contributed by atoms with Crippen LogP contribution in [-0.4, -0.2) is 41.3 Å². The highest BCUT2D eigenvalue weighted by molar-refractivity contribution is 7.13. The van der Waals surface area contributed by atoms with Gasteiger partial charge < -0.3 is 9.26 Å². The van der Waals surface area contributed by atoms with Crippen LogP contribution < -0.4 is 0 Å².